The summed E-state index contributed by atoms with van der Waals surface area (Å²) in [5, 5.41) is 27.6. The average Bonchev–Trinajstić information content (AvgIpc) is 3.75. The fourth-order valence-corrected chi connectivity index (χ4v) is 13.3. The van der Waals surface area contributed by atoms with Crippen LogP contribution in [-0.2, 0) is 52.5 Å². The van der Waals surface area contributed by atoms with Gasteiger partial charge in [0, 0.05) is 12.1 Å². The molecule has 3 aliphatic rings. The molecule has 3 fully saturated rings. The van der Waals surface area contributed by atoms with E-state index in [-0.39, 0.29) is 69.8 Å². The number of imide groups is 1. The van der Waals surface area contributed by atoms with Gasteiger partial charge in [-0.25, -0.2) is 9.59 Å². The van der Waals surface area contributed by atoms with E-state index in [1.165, 1.54) is 25.6 Å². The SMILES string of the molecule is Cn1c(=O)n(C2CCC(=O)NC2=O)c2ccc(C3CCN([C](=[Co])Nc4cccc(CS(=O)(=O)N5CC[C@@H](Nc6cccc(-c7sc(C(=O)O)c(OCC(=O)O)c7Cl)c6)CC5(C)C)c4F)CC3)cc21. The molecule has 0 saturated carbocycles. The van der Waals surface area contributed by atoms with E-state index in [4.69, 9.17) is 36.7 Å². The van der Waals surface area contributed by atoms with Crippen molar-refractivity contribution in [2.75, 3.05) is 36.9 Å². The first-order valence-corrected chi connectivity index (χ1v) is 25.2. The van der Waals surface area contributed by atoms with E-state index in [1.54, 1.807) is 31.3 Å². The van der Waals surface area contributed by atoms with Gasteiger partial charge in [0.05, 0.1) is 4.88 Å². The zero-order valence-electron chi connectivity index (χ0n) is 37.1. The predicted octanol–water partition coefficient (Wildman–Crippen LogP) is 6.11. The quantitative estimate of drug-likeness (QED) is 0.0749. The van der Waals surface area contributed by atoms with Gasteiger partial charge < -0.3 is 14.9 Å². The third-order valence-electron chi connectivity index (χ3n) is 12.8. The van der Waals surface area contributed by atoms with Gasteiger partial charge in [0.1, 0.15) is 5.02 Å². The Labute approximate surface area is 407 Å². The van der Waals surface area contributed by atoms with Crippen LogP contribution in [0.2, 0.25) is 5.02 Å². The van der Waals surface area contributed by atoms with E-state index in [0.717, 1.165) is 29.7 Å². The van der Waals surface area contributed by atoms with Gasteiger partial charge in [-0.15, -0.1) is 11.3 Å². The standard InChI is InChI=1S/C46H49ClFN7O10S2.Co/c1-46(2)22-31(50-30-8-4-6-28(20-30)41-38(47)40(65-23-37(57)58)42(66-41)44(60)61)16-19-54(46)67(63,64)24-29-7-5-9-32(39(29)48)49-25-53-17-14-26(15-18-53)27-10-11-33-35(21-27)52(3)45(62)55(33)34-12-13-36(56)51-43(34)59;/h4-11,20-21,26,31,34,49-50H,12-19,22-24H2,1-3H3,(H,57,58)(H,60,61)(H,51,56,59);/t31-,34?;/m1./s1. The first-order chi connectivity index (χ1) is 32.2. The number of carbonyl (C=O) groups is 4. The van der Waals surface area contributed by atoms with Crippen molar-refractivity contribution in [1.29, 1.82) is 0 Å². The van der Waals surface area contributed by atoms with Crippen LogP contribution in [0.3, 0.4) is 0 Å². The van der Waals surface area contributed by atoms with Crippen molar-refractivity contribution in [1.82, 2.24) is 23.7 Å². The van der Waals surface area contributed by atoms with Gasteiger partial charge in [-0.1, -0.05) is 23.7 Å². The maximum atomic E-state index is 16.2. The number of aromatic carboxylic acids is 1. The summed E-state index contributed by atoms with van der Waals surface area (Å²) in [4.78, 5) is 62.8. The molecule has 3 aromatic carbocycles. The van der Waals surface area contributed by atoms with Crippen LogP contribution in [0.15, 0.2) is 65.5 Å². The van der Waals surface area contributed by atoms with Crippen LogP contribution >= 0.6 is 22.9 Å². The number of amides is 2. The van der Waals surface area contributed by atoms with Gasteiger partial charge in [-0.2, -0.15) is 0 Å². The summed E-state index contributed by atoms with van der Waals surface area (Å²) >= 11 is 12.1. The molecule has 5 N–H and O–H groups in total. The first kappa shape index (κ1) is 49.0. The van der Waals surface area contributed by atoms with Gasteiger partial charge in [-0.3, -0.25) is 14.9 Å². The molecule has 68 heavy (non-hydrogen) atoms. The van der Waals surface area contributed by atoms with E-state index < -0.39 is 57.6 Å². The first-order valence-electron chi connectivity index (χ1n) is 21.8. The minimum atomic E-state index is -4.01. The van der Waals surface area contributed by atoms with Gasteiger partial charge in [0.2, 0.25) is 5.91 Å². The van der Waals surface area contributed by atoms with Crippen molar-refractivity contribution in [2.45, 2.75) is 81.7 Å². The van der Waals surface area contributed by atoms with E-state index in [2.05, 4.69) is 16.0 Å². The molecule has 363 valence electrons. The number of ether oxygens (including phenoxy) is 1. The number of hydrogen-bond acceptors (Lipinski definition) is 12. The molecule has 1 unspecified atom stereocenters. The number of hydrogen-bond donors (Lipinski definition) is 5. The average molecular weight is 1040 g/mol. The topological polar surface area (TPSA) is 222 Å². The number of nitrogens with one attached hydrogen (secondary N) is 3. The summed E-state index contributed by atoms with van der Waals surface area (Å²) in [6.45, 7) is 4.24. The maximum absolute atomic E-state index is 16.2. The summed E-state index contributed by atoms with van der Waals surface area (Å²) in [6.07, 6.45) is 2.73. The van der Waals surface area contributed by atoms with Crippen molar-refractivity contribution in [2.24, 2.45) is 7.05 Å². The van der Waals surface area contributed by atoms with Crippen LogP contribution in [0.1, 0.15) is 85.1 Å². The number of imidazole rings is 1. The molecule has 17 nitrogen and oxygen atoms in total. The molecule has 0 bridgehead atoms. The summed E-state index contributed by atoms with van der Waals surface area (Å²) in [5.74, 6) is -4.76. The number of aryl methyl sites for hydroxylation is 1. The van der Waals surface area contributed by atoms with Gasteiger partial charge in [0.25, 0.3) is 0 Å². The number of carbonyl (C=O) groups excluding carboxylic acids is 2. The second-order valence-electron chi connectivity index (χ2n) is 17.8. The Kier molecular flexibility index (Phi) is 14.1. The van der Waals surface area contributed by atoms with Crippen molar-refractivity contribution < 1.29 is 62.2 Å². The van der Waals surface area contributed by atoms with E-state index in [0.29, 0.717) is 57.8 Å². The predicted molar refractivity (Wildman–Crippen MR) is 252 cm³/mol. The number of thiophene rings is 1. The number of fused-ring (bicyclic) bond motifs is 1. The summed E-state index contributed by atoms with van der Waals surface area (Å²) in [6, 6.07) is 16.6. The molecule has 2 atom stereocenters. The molecule has 8 rings (SSSR count). The number of aromatic nitrogens is 2. The fraction of sp³-hybridized carbons (Fsp3) is 0.391. The molecule has 22 heteroatoms. The van der Waals surface area contributed by atoms with E-state index in [9.17, 15) is 37.5 Å². The number of anilines is 2. The normalized spacial score (nSPS) is 19.4. The van der Waals surface area contributed by atoms with Gasteiger partial charge in [0.15, 0.2) is 17.2 Å². The number of halogens is 2. The zero-order chi connectivity index (χ0) is 48.8. The van der Waals surface area contributed by atoms with Gasteiger partial charge >= 0.3 is 272 Å². The second-order valence-corrected chi connectivity index (χ2v) is 21.6. The van der Waals surface area contributed by atoms with E-state index in [1.807, 2.05) is 43.0 Å². The molecular formula is C46H49ClCoFN7O10S2. The number of piperidine rings is 3. The molecule has 5 aromatic rings. The number of sulfonamides is 1. The number of nitrogens with zero attached hydrogens (tertiary/aromatic N) is 4. The minimum absolute atomic E-state index is 0.00733. The fourth-order valence-electron chi connectivity index (χ4n) is 9.50. The zero-order valence-corrected chi connectivity index (χ0v) is 40.6. The molecule has 0 aliphatic carbocycles. The molecule has 3 saturated heterocycles. The molecule has 0 radical (unpaired) electrons. The molecular weight excluding hydrogens is 988 g/mol. The Morgan fingerprint density at radius 1 is 1.00 bits per heavy atom. The number of likely N-dealkylation sites (tertiary alicyclic amines) is 1. The number of aliphatic carboxylic acids is 1. The second kappa shape index (κ2) is 19.5. The Hall–Kier alpha value is -5.42. The number of rotatable bonds is 15. The molecule has 3 aliphatic heterocycles. The Bertz CT molecular complexity index is 3040. The van der Waals surface area contributed by atoms with Crippen molar-refractivity contribution >= 4 is 83.8 Å². The monoisotopic (exact) mass is 1040 g/mol. The Balaban J connectivity index is 0.874. The van der Waals surface area contributed by atoms with Crippen LogP contribution in [0.5, 0.6) is 5.75 Å². The number of benzene rings is 3. The van der Waals surface area contributed by atoms with Crippen LogP contribution in [0.4, 0.5) is 15.8 Å². The molecule has 2 aromatic heterocycles. The van der Waals surface area contributed by atoms with Crippen LogP contribution in [0.25, 0.3) is 21.5 Å². The summed E-state index contributed by atoms with van der Waals surface area (Å²) < 4.78 is 54.4. The van der Waals surface area contributed by atoms with Crippen LogP contribution < -0.4 is 26.4 Å². The van der Waals surface area contributed by atoms with Crippen molar-refractivity contribution in [3.05, 3.63) is 98.0 Å². The third-order valence-corrected chi connectivity index (χ3v) is 17.0. The third kappa shape index (κ3) is 10.0. The van der Waals surface area contributed by atoms with Crippen molar-refractivity contribution in [3.8, 4) is 16.2 Å². The van der Waals surface area contributed by atoms with E-state index >= 15 is 4.39 Å². The Morgan fingerprint density at radius 3 is 2.43 bits per heavy atom. The summed E-state index contributed by atoms with van der Waals surface area (Å²) in [7, 11) is -2.35. The Morgan fingerprint density at radius 2 is 1.74 bits per heavy atom. The molecule has 0 spiro atoms. The number of carboxylic acid groups (broad SMARTS) is 2. The van der Waals surface area contributed by atoms with Crippen LogP contribution in [0, 0.1) is 5.82 Å². The van der Waals surface area contributed by atoms with Crippen LogP contribution in [-0.4, -0.2) is 103 Å². The van der Waals surface area contributed by atoms with Gasteiger partial charge in [-0.05, 0) is 17.7 Å². The molecule has 5 heterocycles. The molecule has 2 amide bonds. The van der Waals surface area contributed by atoms with Crippen molar-refractivity contribution in [3.63, 3.8) is 0 Å². The number of carboxylic acids is 2. The summed E-state index contributed by atoms with van der Waals surface area (Å²) in [5.41, 5.74) is 2.51.